The first-order valence-electron chi connectivity index (χ1n) is 7.19. The van der Waals surface area contributed by atoms with E-state index in [9.17, 15) is 4.79 Å². The highest BCUT2D eigenvalue weighted by molar-refractivity contribution is 6.02. The number of benzene rings is 2. The van der Waals surface area contributed by atoms with Crippen LogP contribution < -0.4 is 10.6 Å². The molecule has 4 N–H and O–H groups in total. The third-order valence-corrected chi connectivity index (χ3v) is 3.42. The Hall–Kier alpha value is -3.35. The zero-order chi connectivity index (χ0) is 17.5. The fourth-order valence-corrected chi connectivity index (χ4v) is 2.00. The number of nitrogens with one attached hydrogen (secondary N) is 2. The van der Waals surface area contributed by atoms with Gasteiger partial charge in [-0.3, -0.25) is 0 Å². The minimum Gasteiger partial charge on any atom is -0.411 e. The Bertz CT molecular complexity index is 700. The topological polar surface area (TPSA) is 106 Å². The van der Waals surface area contributed by atoms with Gasteiger partial charge in [0.15, 0.2) is 0 Å². The molecule has 2 rings (SSSR count). The number of amides is 2. The van der Waals surface area contributed by atoms with E-state index in [2.05, 4.69) is 20.9 Å². The van der Waals surface area contributed by atoms with Crippen molar-refractivity contribution < 1.29 is 15.2 Å². The van der Waals surface area contributed by atoms with Gasteiger partial charge in [-0.05, 0) is 49.2 Å². The standard InChI is InChI=1S/C17H18N4O3/c1-11(20-23)13-3-7-15(8-4-13)18-17(22)19-16-9-5-14(6-10-16)12(2)21-24/h3-10,23-24H,1-2H3,(H2,18,19,22)/b20-11+,21-12+. The Balaban J connectivity index is 1.98. The molecule has 124 valence electrons. The van der Waals surface area contributed by atoms with Crippen molar-refractivity contribution in [1.82, 2.24) is 0 Å². The Morgan fingerprint density at radius 2 is 1.08 bits per heavy atom. The van der Waals surface area contributed by atoms with Crippen molar-refractivity contribution in [3.63, 3.8) is 0 Å². The first kappa shape index (κ1) is 17.0. The summed E-state index contributed by atoms with van der Waals surface area (Å²) in [5.41, 5.74) is 3.74. The molecule has 0 bridgehead atoms. The van der Waals surface area contributed by atoms with Crippen LogP contribution in [0.2, 0.25) is 0 Å². The number of hydrogen-bond donors (Lipinski definition) is 4. The molecule has 0 aliphatic carbocycles. The summed E-state index contributed by atoms with van der Waals surface area (Å²) in [5.74, 6) is 0. The molecule has 7 heteroatoms. The highest BCUT2D eigenvalue weighted by atomic mass is 16.4. The maximum Gasteiger partial charge on any atom is 0.323 e. The summed E-state index contributed by atoms with van der Waals surface area (Å²) in [6, 6.07) is 13.5. The van der Waals surface area contributed by atoms with Gasteiger partial charge in [0, 0.05) is 11.4 Å². The van der Waals surface area contributed by atoms with Crippen LogP contribution in [0.15, 0.2) is 58.8 Å². The van der Waals surface area contributed by atoms with Crippen molar-refractivity contribution >= 4 is 28.8 Å². The molecule has 0 aliphatic rings. The van der Waals surface area contributed by atoms with Crippen LogP contribution in [0.5, 0.6) is 0 Å². The summed E-state index contributed by atoms with van der Waals surface area (Å²) in [4.78, 5) is 12.0. The molecule has 2 aromatic carbocycles. The maximum absolute atomic E-state index is 12.0. The summed E-state index contributed by atoms with van der Waals surface area (Å²) in [5, 5.41) is 29.1. The molecule has 2 aromatic rings. The van der Waals surface area contributed by atoms with Gasteiger partial charge < -0.3 is 21.0 Å². The van der Waals surface area contributed by atoms with E-state index in [0.29, 0.717) is 22.8 Å². The third-order valence-electron chi connectivity index (χ3n) is 3.42. The molecule has 0 fully saturated rings. The SMILES string of the molecule is C/C(=N\O)c1ccc(NC(=O)Nc2ccc(/C(C)=N/O)cc2)cc1. The fourth-order valence-electron chi connectivity index (χ4n) is 2.00. The number of urea groups is 1. The van der Waals surface area contributed by atoms with Crippen molar-refractivity contribution in [3.05, 3.63) is 59.7 Å². The lowest BCUT2D eigenvalue weighted by molar-refractivity contribution is 0.262. The largest absolute Gasteiger partial charge is 0.411 e. The minimum atomic E-state index is -0.379. The van der Waals surface area contributed by atoms with E-state index in [1.807, 2.05) is 0 Å². The second-order valence-electron chi connectivity index (χ2n) is 5.10. The Kier molecular flexibility index (Phi) is 5.51. The lowest BCUT2D eigenvalue weighted by atomic mass is 10.1. The van der Waals surface area contributed by atoms with Crippen LogP contribution in [0.25, 0.3) is 0 Å². The zero-order valence-electron chi connectivity index (χ0n) is 13.3. The summed E-state index contributed by atoms with van der Waals surface area (Å²) in [6.07, 6.45) is 0. The van der Waals surface area contributed by atoms with Crippen molar-refractivity contribution in [3.8, 4) is 0 Å². The molecule has 0 radical (unpaired) electrons. The van der Waals surface area contributed by atoms with Crippen molar-refractivity contribution in [2.75, 3.05) is 10.6 Å². The number of rotatable bonds is 4. The highest BCUT2D eigenvalue weighted by Gasteiger charge is 2.05. The number of carbonyl (C=O) groups is 1. The van der Waals surface area contributed by atoms with E-state index in [0.717, 1.165) is 11.1 Å². The van der Waals surface area contributed by atoms with Gasteiger partial charge in [-0.15, -0.1) is 0 Å². The molecule has 0 unspecified atom stereocenters. The van der Waals surface area contributed by atoms with Crippen molar-refractivity contribution in [1.29, 1.82) is 0 Å². The maximum atomic E-state index is 12.0. The fraction of sp³-hybridized carbons (Fsp3) is 0.118. The number of oxime groups is 2. The van der Waals surface area contributed by atoms with Crippen LogP contribution in [0.3, 0.4) is 0 Å². The van der Waals surface area contributed by atoms with Crippen LogP contribution in [0, 0.1) is 0 Å². The van der Waals surface area contributed by atoms with Crippen LogP contribution in [0.1, 0.15) is 25.0 Å². The lowest BCUT2D eigenvalue weighted by Gasteiger charge is -2.09. The molecule has 0 aromatic heterocycles. The molecule has 24 heavy (non-hydrogen) atoms. The quantitative estimate of drug-likeness (QED) is 0.391. The van der Waals surface area contributed by atoms with Crippen molar-refractivity contribution in [2.24, 2.45) is 10.3 Å². The average Bonchev–Trinajstić information content (AvgIpc) is 2.61. The van der Waals surface area contributed by atoms with Gasteiger partial charge in [-0.2, -0.15) is 0 Å². The van der Waals surface area contributed by atoms with Gasteiger partial charge in [0.2, 0.25) is 0 Å². The lowest BCUT2D eigenvalue weighted by Crippen LogP contribution is -2.19. The first-order valence-corrected chi connectivity index (χ1v) is 7.19. The van der Waals surface area contributed by atoms with E-state index < -0.39 is 0 Å². The van der Waals surface area contributed by atoms with Gasteiger partial charge in [0.1, 0.15) is 0 Å². The van der Waals surface area contributed by atoms with E-state index in [1.54, 1.807) is 62.4 Å². The van der Waals surface area contributed by atoms with Crippen LogP contribution in [-0.2, 0) is 0 Å². The molecule has 0 aliphatic heterocycles. The molecule has 0 atom stereocenters. The smallest absolute Gasteiger partial charge is 0.323 e. The highest BCUT2D eigenvalue weighted by Crippen LogP contribution is 2.13. The predicted octanol–water partition coefficient (Wildman–Crippen LogP) is 3.73. The molecule has 0 heterocycles. The Morgan fingerprint density at radius 3 is 1.38 bits per heavy atom. The monoisotopic (exact) mass is 326 g/mol. The second kappa shape index (κ2) is 7.77. The Labute approximate surface area is 139 Å². The van der Waals surface area contributed by atoms with Gasteiger partial charge in [0.05, 0.1) is 11.4 Å². The van der Waals surface area contributed by atoms with Crippen LogP contribution in [0.4, 0.5) is 16.2 Å². The first-order chi connectivity index (χ1) is 11.5. The molecule has 0 saturated carbocycles. The number of anilines is 2. The second-order valence-corrected chi connectivity index (χ2v) is 5.10. The van der Waals surface area contributed by atoms with Gasteiger partial charge >= 0.3 is 6.03 Å². The molecule has 0 saturated heterocycles. The molecular weight excluding hydrogens is 308 g/mol. The Morgan fingerprint density at radius 1 is 0.750 bits per heavy atom. The van der Waals surface area contributed by atoms with E-state index in [1.165, 1.54) is 0 Å². The van der Waals surface area contributed by atoms with E-state index in [-0.39, 0.29) is 6.03 Å². The molecule has 7 nitrogen and oxygen atoms in total. The summed E-state index contributed by atoms with van der Waals surface area (Å²) in [6.45, 7) is 3.37. The molecule has 0 spiro atoms. The molecular formula is C17H18N4O3. The molecule has 2 amide bonds. The van der Waals surface area contributed by atoms with Crippen LogP contribution >= 0.6 is 0 Å². The van der Waals surface area contributed by atoms with Crippen LogP contribution in [-0.4, -0.2) is 27.9 Å². The van der Waals surface area contributed by atoms with Gasteiger partial charge in [-0.25, -0.2) is 4.79 Å². The normalized spacial score (nSPS) is 11.9. The summed E-state index contributed by atoms with van der Waals surface area (Å²) in [7, 11) is 0. The van der Waals surface area contributed by atoms with Gasteiger partial charge in [-0.1, -0.05) is 34.6 Å². The zero-order valence-corrected chi connectivity index (χ0v) is 13.3. The van der Waals surface area contributed by atoms with Gasteiger partial charge in [0.25, 0.3) is 0 Å². The third kappa shape index (κ3) is 4.33. The number of hydrogen-bond acceptors (Lipinski definition) is 5. The summed E-state index contributed by atoms with van der Waals surface area (Å²) >= 11 is 0. The minimum absolute atomic E-state index is 0.379. The van der Waals surface area contributed by atoms with Crippen molar-refractivity contribution in [2.45, 2.75) is 13.8 Å². The predicted molar refractivity (Wildman–Crippen MR) is 93.5 cm³/mol. The average molecular weight is 326 g/mol. The van der Waals surface area contributed by atoms with E-state index in [4.69, 9.17) is 10.4 Å². The van der Waals surface area contributed by atoms with E-state index >= 15 is 0 Å². The number of nitrogens with zero attached hydrogens (tertiary/aromatic N) is 2. The number of carbonyl (C=O) groups excluding carboxylic acids is 1. The summed E-state index contributed by atoms with van der Waals surface area (Å²) < 4.78 is 0.